The first kappa shape index (κ1) is 15.3. The molecule has 1 aromatic carbocycles. The molecule has 1 unspecified atom stereocenters. The zero-order valence-electron chi connectivity index (χ0n) is 12.0. The smallest absolute Gasteiger partial charge is 0.237 e. The first-order valence-corrected chi connectivity index (χ1v) is 9.29. The Bertz CT molecular complexity index is 762. The number of hydrogen-bond donors (Lipinski definition) is 0. The van der Waals surface area contributed by atoms with Crippen molar-refractivity contribution in [3.05, 3.63) is 23.8 Å². The van der Waals surface area contributed by atoms with Crippen LogP contribution in [0, 0.1) is 0 Å². The molecule has 2 heterocycles. The molecule has 0 radical (unpaired) electrons. The lowest BCUT2D eigenvalue weighted by Gasteiger charge is -2.19. The highest BCUT2D eigenvalue weighted by molar-refractivity contribution is 8.14. The fraction of sp³-hybridized carbons (Fsp3) is 0.429. The van der Waals surface area contributed by atoms with Gasteiger partial charge in [-0.1, -0.05) is 0 Å². The van der Waals surface area contributed by atoms with Crippen LogP contribution in [0.1, 0.15) is 18.9 Å². The predicted molar refractivity (Wildman–Crippen MR) is 83.7 cm³/mol. The summed E-state index contributed by atoms with van der Waals surface area (Å²) < 4.78 is 22.8. The highest BCUT2D eigenvalue weighted by Crippen LogP contribution is 2.34. The van der Waals surface area contributed by atoms with Crippen molar-refractivity contribution < 1.29 is 18.0 Å². The van der Waals surface area contributed by atoms with E-state index in [1.165, 1.54) is 11.8 Å². The van der Waals surface area contributed by atoms with Gasteiger partial charge in [-0.05, 0) is 30.2 Å². The van der Waals surface area contributed by atoms with E-state index in [0.717, 1.165) is 17.7 Å². The zero-order valence-corrected chi connectivity index (χ0v) is 13.5. The molecule has 6 nitrogen and oxygen atoms in total. The van der Waals surface area contributed by atoms with Crippen LogP contribution in [0.4, 0.5) is 11.4 Å². The third-order valence-electron chi connectivity index (χ3n) is 4.14. The summed E-state index contributed by atoms with van der Waals surface area (Å²) in [5.41, 5.74) is 2.49. The molecule has 2 aliphatic heterocycles. The van der Waals surface area contributed by atoms with Crippen molar-refractivity contribution in [2.24, 2.45) is 0 Å². The summed E-state index contributed by atoms with van der Waals surface area (Å²) in [6.07, 6.45) is 0.629. The van der Waals surface area contributed by atoms with Crippen molar-refractivity contribution in [2.45, 2.75) is 25.0 Å². The van der Waals surface area contributed by atoms with Crippen molar-refractivity contribution in [3.8, 4) is 0 Å². The molecule has 0 spiro atoms. The number of benzene rings is 1. The fourth-order valence-electron chi connectivity index (χ4n) is 3.00. The van der Waals surface area contributed by atoms with E-state index in [-0.39, 0.29) is 24.8 Å². The van der Waals surface area contributed by atoms with E-state index in [0.29, 0.717) is 12.2 Å². The number of carbonyl (C=O) groups excluding carboxylic acids is 2. The molecule has 1 fully saturated rings. The summed E-state index contributed by atoms with van der Waals surface area (Å²) in [6.45, 7) is 2.21. The van der Waals surface area contributed by atoms with Gasteiger partial charge in [0.2, 0.25) is 20.9 Å². The van der Waals surface area contributed by atoms with Gasteiger partial charge in [-0.15, -0.1) is 0 Å². The second kappa shape index (κ2) is 5.24. The lowest BCUT2D eigenvalue weighted by atomic mass is 10.1. The van der Waals surface area contributed by atoms with Crippen molar-refractivity contribution in [2.75, 3.05) is 22.9 Å². The molecular weight excluding hydrogens is 328 g/mol. The van der Waals surface area contributed by atoms with Gasteiger partial charge in [-0.25, -0.2) is 8.42 Å². The normalized spacial score (nSPS) is 21.4. The standard InChI is InChI=1S/C14H15ClN2O4S/c1-9(18)16-5-4-10-6-11(2-3-13(10)16)17-8-12(7-14(17)19)22(15,20)21/h2-3,6,12H,4-5,7-8H2,1H3. The Balaban J connectivity index is 1.89. The number of halogens is 1. The van der Waals surface area contributed by atoms with Crippen molar-refractivity contribution in [1.29, 1.82) is 0 Å². The maximum absolute atomic E-state index is 12.0. The van der Waals surface area contributed by atoms with Gasteiger partial charge in [-0.3, -0.25) is 9.59 Å². The molecule has 118 valence electrons. The molecule has 1 aromatic rings. The largest absolute Gasteiger partial charge is 0.312 e. The van der Waals surface area contributed by atoms with Gasteiger partial charge in [0.1, 0.15) is 5.25 Å². The molecule has 8 heteroatoms. The lowest BCUT2D eigenvalue weighted by molar-refractivity contribution is -0.117. The van der Waals surface area contributed by atoms with Crippen LogP contribution in [0.2, 0.25) is 0 Å². The summed E-state index contributed by atoms with van der Waals surface area (Å²) in [5, 5.41) is -0.872. The van der Waals surface area contributed by atoms with E-state index >= 15 is 0 Å². The van der Waals surface area contributed by atoms with E-state index in [2.05, 4.69) is 0 Å². The number of nitrogens with zero attached hydrogens (tertiary/aromatic N) is 2. The molecular formula is C14H15ClN2O4S. The lowest BCUT2D eigenvalue weighted by Crippen LogP contribution is -2.27. The molecule has 0 saturated carbocycles. The van der Waals surface area contributed by atoms with Crippen LogP contribution in [-0.2, 0) is 25.1 Å². The van der Waals surface area contributed by atoms with E-state index in [1.807, 2.05) is 6.07 Å². The Morgan fingerprint density at radius 1 is 1.36 bits per heavy atom. The summed E-state index contributed by atoms with van der Waals surface area (Å²) in [4.78, 5) is 26.7. The summed E-state index contributed by atoms with van der Waals surface area (Å²) >= 11 is 0. The van der Waals surface area contributed by atoms with Gasteiger partial charge < -0.3 is 9.80 Å². The van der Waals surface area contributed by atoms with Crippen LogP contribution in [-0.4, -0.2) is 38.6 Å². The Morgan fingerprint density at radius 3 is 2.68 bits per heavy atom. The Labute approximate surface area is 133 Å². The molecule has 3 rings (SSSR count). The van der Waals surface area contributed by atoms with Gasteiger partial charge >= 0.3 is 0 Å². The Hall–Kier alpha value is -1.60. The maximum atomic E-state index is 12.0. The topological polar surface area (TPSA) is 74.8 Å². The highest BCUT2D eigenvalue weighted by atomic mass is 35.7. The van der Waals surface area contributed by atoms with Crippen LogP contribution < -0.4 is 9.80 Å². The molecule has 0 aromatic heterocycles. The molecule has 0 aliphatic carbocycles. The molecule has 2 amide bonds. The number of rotatable bonds is 2. The van der Waals surface area contributed by atoms with E-state index in [4.69, 9.17) is 10.7 Å². The minimum Gasteiger partial charge on any atom is -0.312 e. The van der Waals surface area contributed by atoms with Crippen molar-refractivity contribution >= 4 is 42.9 Å². The Kier molecular flexibility index (Phi) is 3.65. The molecule has 0 N–H and O–H groups in total. The third kappa shape index (κ3) is 2.59. The van der Waals surface area contributed by atoms with Gasteiger partial charge in [0, 0.05) is 48.5 Å². The number of anilines is 2. The number of fused-ring (bicyclic) bond motifs is 1. The molecule has 2 aliphatic rings. The Morgan fingerprint density at radius 2 is 2.09 bits per heavy atom. The maximum Gasteiger partial charge on any atom is 0.237 e. The third-order valence-corrected chi connectivity index (χ3v) is 6.01. The number of hydrogen-bond acceptors (Lipinski definition) is 4. The van der Waals surface area contributed by atoms with E-state index < -0.39 is 14.3 Å². The number of carbonyl (C=O) groups is 2. The second-order valence-corrected chi connectivity index (χ2v) is 8.45. The summed E-state index contributed by atoms with van der Waals surface area (Å²) in [5.74, 6) is -0.271. The summed E-state index contributed by atoms with van der Waals surface area (Å²) in [7, 11) is 1.60. The molecule has 1 atom stereocenters. The minimum atomic E-state index is -3.75. The molecule has 1 saturated heterocycles. The fourth-order valence-corrected chi connectivity index (χ4v) is 4.02. The van der Waals surface area contributed by atoms with Gasteiger partial charge in [0.05, 0.1) is 0 Å². The predicted octanol–water partition coefficient (Wildman–Crippen LogP) is 1.27. The van der Waals surface area contributed by atoms with Gasteiger partial charge in [0.25, 0.3) is 0 Å². The highest BCUT2D eigenvalue weighted by Gasteiger charge is 2.38. The molecule has 22 heavy (non-hydrogen) atoms. The SMILES string of the molecule is CC(=O)N1CCc2cc(N3CC(S(=O)(=O)Cl)CC3=O)ccc21. The molecule has 0 bridgehead atoms. The van der Waals surface area contributed by atoms with Crippen LogP contribution in [0.5, 0.6) is 0 Å². The van der Waals surface area contributed by atoms with Crippen LogP contribution in [0.25, 0.3) is 0 Å². The van der Waals surface area contributed by atoms with E-state index in [9.17, 15) is 18.0 Å². The summed E-state index contributed by atoms with van der Waals surface area (Å²) in [6, 6.07) is 5.38. The van der Waals surface area contributed by atoms with Gasteiger partial charge in [0.15, 0.2) is 0 Å². The minimum absolute atomic E-state index is 0.0166. The van der Waals surface area contributed by atoms with Crippen LogP contribution in [0.15, 0.2) is 18.2 Å². The second-order valence-electron chi connectivity index (χ2n) is 5.54. The van der Waals surface area contributed by atoms with E-state index in [1.54, 1.807) is 17.0 Å². The quantitative estimate of drug-likeness (QED) is 0.758. The van der Waals surface area contributed by atoms with Crippen molar-refractivity contribution in [3.63, 3.8) is 0 Å². The average molecular weight is 343 g/mol. The monoisotopic (exact) mass is 342 g/mol. The van der Waals surface area contributed by atoms with Crippen LogP contribution >= 0.6 is 10.7 Å². The first-order chi connectivity index (χ1) is 10.3. The number of amides is 2. The first-order valence-electron chi connectivity index (χ1n) is 6.92. The van der Waals surface area contributed by atoms with Crippen LogP contribution in [0.3, 0.4) is 0 Å². The van der Waals surface area contributed by atoms with Gasteiger partial charge in [-0.2, -0.15) is 0 Å². The van der Waals surface area contributed by atoms with Crippen molar-refractivity contribution in [1.82, 2.24) is 0 Å². The zero-order chi connectivity index (χ0) is 16.1. The average Bonchev–Trinajstić information content (AvgIpc) is 3.00.